The summed E-state index contributed by atoms with van der Waals surface area (Å²) in [5.74, 6) is 0.226. The number of carbonyl (C=O) groups is 1. The van der Waals surface area contributed by atoms with Gasteiger partial charge in [0.25, 0.3) is 0 Å². The van der Waals surface area contributed by atoms with Gasteiger partial charge in [0.15, 0.2) is 5.16 Å². The number of imidazole rings is 1. The molecule has 3 aromatic rings. The van der Waals surface area contributed by atoms with E-state index in [2.05, 4.69) is 32.3 Å². The molecular weight excluding hydrogens is 412 g/mol. The maximum atomic E-state index is 11.5. The maximum absolute atomic E-state index is 11.5. The van der Waals surface area contributed by atoms with E-state index in [0.29, 0.717) is 10.7 Å². The number of hydrogen-bond acceptors (Lipinski definition) is 4. The van der Waals surface area contributed by atoms with Gasteiger partial charge >= 0.3 is 0 Å². The minimum absolute atomic E-state index is 0.0599. The molecule has 3 rings (SSSR count). The highest BCUT2D eigenvalue weighted by Crippen LogP contribution is 2.32. The Morgan fingerprint density at radius 1 is 1.27 bits per heavy atom. The van der Waals surface area contributed by atoms with E-state index in [0.717, 1.165) is 21.1 Å². The summed E-state index contributed by atoms with van der Waals surface area (Å²) in [5, 5.41) is 14.5. The molecule has 1 aromatic heterocycles. The van der Waals surface area contributed by atoms with Gasteiger partial charge < -0.3 is 5.32 Å². The summed E-state index contributed by atoms with van der Waals surface area (Å²) < 4.78 is 2.73. The van der Waals surface area contributed by atoms with Crippen LogP contribution in [0.1, 0.15) is 19.4 Å². The molecular formula is C19H19BrN4OS. The molecule has 1 heterocycles. The molecule has 0 aliphatic carbocycles. The van der Waals surface area contributed by atoms with Gasteiger partial charge in [-0.25, -0.2) is 4.98 Å². The zero-order valence-corrected chi connectivity index (χ0v) is 17.2. The Morgan fingerprint density at radius 3 is 2.62 bits per heavy atom. The third-order valence-corrected chi connectivity index (χ3v) is 5.07. The molecule has 1 amide bonds. The third-order valence-electron chi connectivity index (χ3n) is 3.56. The molecule has 0 saturated heterocycles. The van der Waals surface area contributed by atoms with Crippen molar-refractivity contribution in [3.63, 3.8) is 0 Å². The van der Waals surface area contributed by atoms with Crippen molar-refractivity contribution in [2.24, 2.45) is 0 Å². The van der Waals surface area contributed by atoms with E-state index >= 15 is 0 Å². The average molecular weight is 431 g/mol. The summed E-state index contributed by atoms with van der Waals surface area (Å²) in [7, 11) is 1.61. The predicted molar refractivity (Wildman–Crippen MR) is 110 cm³/mol. The molecule has 0 spiro atoms. The zero-order chi connectivity index (χ0) is 19.1. The first-order valence-electron chi connectivity index (χ1n) is 8.14. The van der Waals surface area contributed by atoms with E-state index in [9.17, 15) is 10.1 Å². The fourth-order valence-electron chi connectivity index (χ4n) is 2.41. The number of fused-ring (bicyclic) bond motifs is 1. The van der Waals surface area contributed by atoms with Crippen molar-refractivity contribution >= 4 is 44.4 Å². The number of hydrogen-bond donors (Lipinski definition) is 1. The van der Waals surface area contributed by atoms with E-state index in [1.54, 1.807) is 19.3 Å². The van der Waals surface area contributed by atoms with Crippen molar-refractivity contribution in [3.8, 4) is 11.8 Å². The largest absolute Gasteiger partial charge is 0.358 e. The summed E-state index contributed by atoms with van der Waals surface area (Å²) in [6.07, 6.45) is 1.71. The van der Waals surface area contributed by atoms with E-state index in [-0.39, 0.29) is 11.7 Å². The number of halogens is 1. The first kappa shape index (κ1) is 20.0. The van der Waals surface area contributed by atoms with E-state index in [4.69, 9.17) is 0 Å². The molecule has 0 fully saturated rings. The van der Waals surface area contributed by atoms with Crippen LogP contribution in [0.25, 0.3) is 16.5 Å². The second-order valence-electron chi connectivity index (χ2n) is 4.95. The van der Waals surface area contributed by atoms with Crippen LogP contribution < -0.4 is 5.32 Å². The van der Waals surface area contributed by atoms with Gasteiger partial charge in [0.05, 0.1) is 29.3 Å². The van der Waals surface area contributed by atoms with Gasteiger partial charge in [0.2, 0.25) is 5.91 Å². The number of amides is 1. The Kier molecular flexibility index (Phi) is 7.25. The van der Waals surface area contributed by atoms with Crippen LogP contribution >= 0.6 is 27.7 Å². The second kappa shape index (κ2) is 9.41. The number of nitrogens with one attached hydrogen (secondary N) is 1. The summed E-state index contributed by atoms with van der Waals surface area (Å²) >= 11 is 4.88. The Hall–Kier alpha value is -2.30. The van der Waals surface area contributed by atoms with Gasteiger partial charge in [0, 0.05) is 17.8 Å². The first-order chi connectivity index (χ1) is 12.7. The molecule has 0 bridgehead atoms. The molecule has 7 heteroatoms. The van der Waals surface area contributed by atoms with Crippen LogP contribution in [-0.2, 0) is 4.79 Å². The van der Waals surface area contributed by atoms with Crippen molar-refractivity contribution in [2.45, 2.75) is 19.0 Å². The van der Waals surface area contributed by atoms with Crippen molar-refractivity contribution in [1.82, 2.24) is 14.9 Å². The predicted octanol–water partition coefficient (Wildman–Crippen LogP) is 4.52. The molecule has 5 nitrogen and oxygen atoms in total. The molecule has 0 aliphatic heterocycles. The highest BCUT2D eigenvalue weighted by Gasteiger charge is 2.15. The number of rotatable bonds is 4. The van der Waals surface area contributed by atoms with Crippen LogP contribution in [0.5, 0.6) is 0 Å². The van der Waals surface area contributed by atoms with Crippen molar-refractivity contribution in [1.29, 1.82) is 5.26 Å². The van der Waals surface area contributed by atoms with Crippen LogP contribution in [0, 0.1) is 11.3 Å². The Morgan fingerprint density at radius 2 is 1.96 bits per heavy atom. The van der Waals surface area contributed by atoms with Crippen LogP contribution in [-0.4, -0.2) is 28.3 Å². The van der Waals surface area contributed by atoms with Crippen LogP contribution in [0.2, 0.25) is 0 Å². The minimum Gasteiger partial charge on any atom is -0.358 e. The van der Waals surface area contributed by atoms with Crippen LogP contribution in [0.4, 0.5) is 0 Å². The van der Waals surface area contributed by atoms with E-state index in [1.165, 1.54) is 11.8 Å². The van der Waals surface area contributed by atoms with Gasteiger partial charge in [-0.15, -0.1) is 0 Å². The molecule has 134 valence electrons. The fourth-order valence-corrected chi connectivity index (χ4v) is 3.85. The quantitative estimate of drug-likeness (QED) is 0.617. The summed E-state index contributed by atoms with van der Waals surface area (Å²) in [6, 6.07) is 13.7. The number of aromatic nitrogens is 2. The second-order valence-corrected chi connectivity index (χ2v) is 6.71. The van der Waals surface area contributed by atoms with Crippen LogP contribution in [0.3, 0.4) is 0 Å². The Bertz CT molecular complexity index is 962. The zero-order valence-electron chi connectivity index (χ0n) is 14.8. The minimum atomic E-state index is -0.0599. The van der Waals surface area contributed by atoms with Gasteiger partial charge in [-0.3, -0.25) is 9.36 Å². The normalized spacial score (nSPS) is 9.96. The monoisotopic (exact) mass is 430 g/mol. The number of nitrogens with zero attached hydrogens (tertiary/aromatic N) is 3. The molecule has 0 aliphatic rings. The highest BCUT2D eigenvalue weighted by atomic mass is 79.9. The average Bonchev–Trinajstić information content (AvgIpc) is 3.07. The van der Waals surface area contributed by atoms with Crippen molar-refractivity contribution in [2.75, 3.05) is 12.8 Å². The number of nitriles is 1. The molecule has 0 atom stereocenters. The molecule has 0 saturated carbocycles. The van der Waals surface area contributed by atoms with E-state index in [1.807, 2.05) is 48.7 Å². The van der Waals surface area contributed by atoms with E-state index < -0.39 is 0 Å². The molecule has 26 heavy (non-hydrogen) atoms. The molecule has 1 N–H and O–H groups in total. The van der Waals surface area contributed by atoms with Gasteiger partial charge in [-0.2, -0.15) is 5.26 Å². The first-order valence-corrected chi connectivity index (χ1v) is 9.92. The number of benzene rings is 2. The number of carbonyl (C=O) groups excluding carboxylic acids is 1. The van der Waals surface area contributed by atoms with Gasteiger partial charge in [-0.1, -0.05) is 49.9 Å². The summed E-state index contributed by atoms with van der Waals surface area (Å²) in [5.41, 5.74) is 1.54. The lowest BCUT2D eigenvalue weighted by Gasteiger charge is -2.13. The lowest BCUT2D eigenvalue weighted by Crippen LogP contribution is -2.20. The van der Waals surface area contributed by atoms with Gasteiger partial charge in [0.1, 0.15) is 4.60 Å². The summed E-state index contributed by atoms with van der Waals surface area (Å²) in [4.78, 5) is 15.9. The summed E-state index contributed by atoms with van der Waals surface area (Å²) in [6.45, 7) is 4.00. The Labute approximate surface area is 165 Å². The van der Waals surface area contributed by atoms with Crippen molar-refractivity contribution < 1.29 is 4.79 Å². The molecule has 0 unspecified atom stereocenters. The topological polar surface area (TPSA) is 70.7 Å². The fraction of sp³-hybridized carbons (Fsp3) is 0.211. The number of thioether (sulfide) groups is 1. The van der Waals surface area contributed by atoms with Crippen molar-refractivity contribution in [3.05, 3.63) is 52.8 Å². The smallest absolute Gasteiger partial charge is 0.230 e. The highest BCUT2D eigenvalue weighted by molar-refractivity contribution is 9.10. The maximum Gasteiger partial charge on any atom is 0.230 e. The standard InChI is InChI=1S/C17H13BrN4OS.C2H6/c1-20-16(23)10-24-17-21-9-15(18)22(17)14-7-6-11(8-19)12-4-2-3-5-13(12)14;1-2/h2-7,9H,10H2,1H3,(H,20,23);1-2H3. The lowest BCUT2D eigenvalue weighted by atomic mass is 10.0. The van der Waals surface area contributed by atoms with Crippen LogP contribution in [0.15, 0.2) is 52.4 Å². The van der Waals surface area contributed by atoms with Gasteiger partial charge in [-0.05, 0) is 28.1 Å². The lowest BCUT2D eigenvalue weighted by molar-refractivity contribution is -0.118. The third kappa shape index (κ3) is 4.09. The molecule has 0 radical (unpaired) electrons. The Balaban J connectivity index is 0.00000117. The molecule has 2 aromatic carbocycles. The SMILES string of the molecule is CC.CNC(=O)CSc1ncc(Br)n1-c1ccc(C#N)c2ccccc12.